The number of hydrogen-bond acceptors (Lipinski definition) is 6. The van der Waals surface area contributed by atoms with E-state index in [4.69, 9.17) is 11.6 Å². The molecule has 24 heavy (non-hydrogen) atoms. The fourth-order valence-electron chi connectivity index (χ4n) is 2.21. The van der Waals surface area contributed by atoms with Gasteiger partial charge in [0, 0.05) is 5.39 Å². The fourth-order valence-corrected chi connectivity index (χ4v) is 2.44. The highest BCUT2D eigenvalue weighted by atomic mass is 35.5. The molecule has 120 valence electrons. The first-order valence-corrected chi connectivity index (χ1v) is 7.14. The second-order valence-corrected chi connectivity index (χ2v) is 5.31. The van der Waals surface area contributed by atoms with Gasteiger partial charge in [0.05, 0.1) is 11.0 Å². The lowest BCUT2D eigenvalue weighted by atomic mass is 10.1. The summed E-state index contributed by atoms with van der Waals surface area (Å²) in [6.07, 6.45) is 0. The molecule has 3 rings (SSSR count). The van der Waals surface area contributed by atoms with Gasteiger partial charge in [0.15, 0.2) is 0 Å². The Hall–Kier alpha value is -3.19. The monoisotopic (exact) mass is 343 g/mol. The van der Waals surface area contributed by atoms with Crippen molar-refractivity contribution < 1.29 is 15.1 Å². The average molecular weight is 344 g/mol. The van der Waals surface area contributed by atoms with Gasteiger partial charge in [0.25, 0.3) is 5.69 Å². The first-order valence-electron chi connectivity index (χ1n) is 6.76. The van der Waals surface area contributed by atoms with Crippen molar-refractivity contribution in [2.75, 3.05) is 0 Å². The Balaban J connectivity index is 2.08. The molecule has 0 aliphatic heterocycles. The first kappa shape index (κ1) is 15.7. The molecule has 3 aromatic rings. The zero-order valence-corrected chi connectivity index (χ0v) is 12.8. The van der Waals surface area contributed by atoms with E-state index in [-0.39, 0.29) is 22.1 Å². The maximum atomic E-state index is 10.8. The van der Waals surface area contributed by atoms with E-state index in [1.54, 1.807) is 18.2 Å². The Kier molecular flexibility index (Phi) is 4.01. The summed E-state index contributed by atoms with van der Waals surface area (Å²) >= 11 is 5.80. The van der Waals surface area contributed by atoms with E-state index in [9.17, 15) is 20.3 Å². The minimum atomic E-state index is -0.709. The molecule has 0 saturated heterocycles. The van der Waals surface area contributed by atoms with Gasteiger partial charge >= 0.3 is 0 Å². The highest BCUT2D eigenvalue weighted by Gasteiger charge is 2.16. The lowest BCUT2D eigenvalue weighted by Gasteiger charge is -2.04. The summed E-state index contributed by atoms with van der Waals surface area (Å²) in [6, 6.07) is 12.5. The maximum absolute atomic E-state index is 10.8. The van der Waals surface area contributed by atoms with Gasteiger partial charge in [-0.15, -0.1) is 10.2 Å². The predicted octanol–water partition coefficient (Wildman–Crippen LogP) is 5.23. The van der Waals surface area contributed by atoms with E-state index in [0.717, 1.165) is 17.5 Å². The van der Waals surface area contributed by atoms with Crippen LogP contribution in [0.5, 0.6) is 11.5 Å². The van der Waals surface area contributed by atoms with Crippen molar-refractivity contribution in [3.05, 3.63) is 63.7 Å². The van der Waals surface area contributed by atoms with Crippen LogP contribution in [-0.4, -0.2) is 15.1 Å². The summed E-state index contributed by atoms with van der Waals surface area (Å²) in [5.74, 6) is -0.514. The second-order valence-electron chi connectivity index (χ2n) is 4.90. The number of hydrogen-bond donors (Lipinski definition) is 2. The van der Waals surface area contributed by atoms with Crippen molar-refractivity contribution in [3.63, 3.8) is 0 Å². The van der Waals surface area contributed by atoms with Crippen LogP contribution in [-0.2, 0) is 0 Å². The van der Waals surface area contributed by atoms with Gasteiger partial charge in [0.1, 0.15) is 27.9 Å². The molecule has 0 amide bonds. The number of rotatable bonds is 3. The zero-order chi connectivity index (χ0) is 17.3. The van der Waals surface area contributed by atoms with Crippen molar-refractivity contribution in [2.45, 2.75) is 0 Å². The molecule has 0 bridgehead atoms. The number of nitro groups is 1. The Morgan fingerprint density at radius 2 is 1.75 bits per heavy atom. The molecule has 8 heteroatoms. The van der Waals surface area contributed by atoms with Gasteiger partial charge in [-0.1, -0.05) is 41.9 Å². The Morgan fingerprint density at radius 1 is 1.00 bits per heavy atom. The van der Waals surface area contributed by atoms with Gasteiger partial charge in [-0.3, -0.25) is 10.1 Å². The van der Waals surface area contributed by atoms with Crippen LogP contribution in [0, 0.1) is 10.1 Å². The van der Waals surface area contributed by atoms with Crippen molar-refractivity contribution in [3.8, 4) is 11.5 Å². The molecule has 0 aromatic heterocycles. The summed E-state index contributed by atoms with van der Waals surface area (Å²) in [5.41, 5.74) is -0.249. The standard InChI is InChI=1S/C16H10ClN3O4/c17-11-7-12(15(22)8-13(11)20(23)24)18-19-16-10-4-2-1-3-9(10)5-6-14(16)21/h1-8,21-22H. The molecule has 3 aromatic carbocycles. The summed E-state index contributed by atoms with van der Waals surface area (Å²) in [6.45, 7) is 0. The molecule has 2 N–H and O–H groups in total. The third-order valence-electron chi connectivity index (χ3n) is 3.38. The van der Waals surface area contributed by atoms with Crippen LogP contribution in [0.1, 0.15) is 0 Å². The lowest BCUT2D eigenvalue weighted by molar-refractivity contribution is -0.384. The van der Waals surface area contributed by atoms with Crippen LogP contribution in [0.2, 0.25) is 5.02 Å². The fraction of sp³-hybridized carbons (Fsp3) is 0. The number of phenolic OH excluding ortho intramolecular Hbond substituents is 2. The Labute approximate surface area is 140 Å². The third kappa shape index (κ3) is 2.84. The molecule has 0 heterocycles. The first-order chi connectivity index (χ1) is 11.5. The van der Waals surface area contributed by atoms with Gasteiger partial charge < -0.3 is 10.2 Å². The minimum absolute atomic E-state index is 0.0436. The largest absolute Gasteiger partial charge is 0.506 e. The van der Waals surface area contributed by atoms with Crippen LogP contribution in [0.25, 0.3) is 10.8 Å². The molecule has 0 unspecified atom stereocenters. The van der Waals surface area contributed by atoms with Gasteiger partial charge in [-0.25, -0.2) is 0 Å². The molecule has 0 saturated carbocycles. The number of phenols is 2. The van der Waals surface area contributed by atoms with E-state index >= 15 is 0 Å². The molecule has 0 radical (unpaired) electrons. The van der Waals surface area contributed by atoms with Gasteiger partial charge in [-0.05, 0) is 17.5 Å². The number of halogens is 1. The smallest absolute Gasteiger partial charge is 0.291 e. The summed E-state index contributed by atoms with van der Waals surface area (Å²) in [4.78, 5) is 10.1. The van der Waals surface area contributed by atoms with Crippen molar-refractivity contribution in [1.29, 1.82) is 0 Å². The molecule has 0 aliphatic rings. The normalized spacial score (nSPS) is 11.2. The number of nitro benzene ring substituents is 1. The van der Waals surface area contributed by atoms with Crippen LogP contribution in [0.4, 0.5) is 17.1 Å². The maximum Gasteiger partial charge on any atom is 0.291 e. The number of fused-ring (bicyclic) bond motifs is 1. The van der Waals surface area contributed by atoms with E-state index in [0.29, 0.717) is 5.39 Å². The van der Waals surface area contributed by atoms with Gasteiger partial charge in [-0.2, -0.15) is 0 Å². The number of azo groups is 1. The van der Waals surface area contributed by atoms with Crippen LogP contribution in [0.15, 0.2) is 58.8 Å². The third-order valence-corrected chi connectivity index (χ3v) is 3.68. The molecular weight excluding hydrogens is 334 g/mol. The number of nitrogens with zero attached hydrogens (tertiary/aromatic N) is 3. The molecule has 7 nitrogen and oxygen atoms in total. The van der Waals surface area contributed by atoms with Crippen molar-refractivity contribution >= 4 is 39.4 Å². The highest BCUT2D eigenvalue weighted by molar-refractivity contribution is 6.33. The molecule has 0 aliphatic carbocycles. The summed E-state index contributed by atoms with van der Waals surface area (Å²) in [5, 5.41) is 39.8. The van der Waals surface area contributed by atoms with Crippen LogP contribution >= 0.6 is 11.6 Å². The topological polar surface area (TPSA) is 108 Å². The summed E-state index contributed by atoms with van der Waals surface area (Å²) < 4.78 is 0. The molecular formula is C16H10ClN3O4. The molecule has 0 spiro atoms. The van der Waals surface area contributed by atoms with Crippen molar-refractivity contribution in [2.24, 2.45) is 10.2 Å². The van der Waals surface area contributed by atoms with Crippen molar-refractivity contribution in [1.82, 2.24) is 0 Å². The van der Waals surface area contributed by atoms with Crippen LogP contribution in [0.3, 0.4) is 0 Å². The minimum Gasteiger partial charge on any atom is -0.506 e. The van der Waals surface area contributed by atoms with Gasteiger partial charge in [0.2, 0.25) is 0 Å². The predicted molar refractivity (Wildman–Crippen MR) is 89.6 cm³/mol. The quantitative estimate of drug-likeness (QED) is 0.385. The Morgan fingerprint density at radius 3 is 2.50 bits per heavy atom. The highest BCUT2D eigenvalue weighted by Crippen LogP contribution is 2.40. The number of aromatic hydroxyl groups is 2. The van der Waals surface area contributed by atoms with E-state index in [1.165, 1.54) is 6.07 Å². The van der Waals surface area contributed by atoms with E-state index in [2.05, 4.69) is 10.2 Å². The van der Waals surface area contributed by atoms with Crippen LogP contribution < -0.4 is 0 Å². The summed E-state index contributed by atoms with van der Waals surface area (Å²) in [7, 11) is 0. The SMILES string of the molecule is O=[N+]([O-])c1cc(O)c(N=Nc2c(O)ccc3ccccc23)cc1Cl. The van der Waals surface area contributed by atoms with E-state index < -0.39 is 16.4 Å². The number of benzene rings is 3. The lowest BCUT2D eigenvalue weighted by Crippen LogP contribution is -1.88. The van der Waals surface area contributed by atoms with E-state index in [1.807, 2.05) is 12.1 Å². The Bertz CT molecular complexity index is 988. The molecule has 0 fully saturated rings. The second kappa shape index (κ2) is 6.13. The average Bonchev–Trinajstić information content (AvgIpc) is 2.56. The molecule has 0 atom stereocenters. The zero-order valence-electron chi connectivity index (χ0n) is 12.0.